The molecule has 1 aromatic carbocycles. The van der Waals surface area contributed by atoms with Crippen molar-refractivity contribution in [2.75, 3.05) is 5.73 Å². The first kappa shape index (κ1) is 13.9. The van der Waals surface area contributed by atoms with E-state index in [4.69, 9.17) is 5.73 Å². The molecule has 2 rings (SSSR count). The fourth-order valence-corrected chi connectivity index (χ4v) is 1.95. The molecule has 102 valence electrons. The van der Waals surface area contributed by atoms with Crippen LogP contribution in [0.1, 0.15) is 30.1 Å². The van der Waals surface area contributed by atoms with Crippen LogP contribution in [0.15, 0.2) is 22.7 Å². The number of nitrogens with one attached hydrogen (secondary N) is 2. The van der Waals surface area contributed by atoms with Crippen LogP contribution in [0.2, 0.25) is 0 Å². The van der Waals surface area contributed by atoms with E-state index < -0.39 is 6.04 Å². The van der Waals surface area contributed by atoms with Crippen molar-refractivity contribution in [1.82, 2.24) is 10.6 Å². The molecule has 4 N–H and O–H groups in total. The normalized spacial score (nSPS) is 15.7. The average molecular weight is 326 g/mol. The maximum absolute atomic E-state index is 12.0. The summed E-state index contributed by atoms with van der Waals surface area (Å²) in [6.07, 6.45) is 2.05. The van der Waals surface area contributed by atoms with Crippen molar-refractivity contribution in [2.24, 2.45) is 0 Å². The fraction of sp³-hybridized carbons (Fsp3) is 0.385. The summed E-state index contributed by atoms with van der Waals surface area (Å²) in [5, 5.41) is 5.51. The third-order valence-electron chi connectivity index (χ3n) is 2.93. The molecule has 6 heteroatoms. The Kier molecular flexibility index (Phi) is 4.09. The maximum Gasteiger partial charge on any atom is 0.251 e. The van der Waals surface area contributed by atoms with E-state index in [9.17, 15) is 9.59 Å². The van der Waals surface area contributed by atoms with Crippen LogP contribution < -0.4 is 16.4 Å². The second-order valence-electron chi connectivity index (χ2n) is 4.71. The first-order chi connectivity index (χ1) is 8.97. The molecular weight excluding hydrogens is 310 g/mol. The molecule has 5 nitrogen and oxygen atoms in total. The van der Waals surface area contributed by atoms with Crippen LogP contribution in [0.3, 0.4) is 0 Å². The van der Waals surface area contributed by atoms with Gasteiger partial charge in [-0.2, -0.15) is 0 Å². The Hall–Kier alpha value is -1.56. The number of hydrogen-bond donors (Lipinski definition) is 3. The van der Waals surface area contributed by atoms with Gasteiger partial charge in [-0.1, -0.05) is 0 Å². The maximum atomic E-state index is 12.0. The van der Waals surface area contributed by atoms with Crippen LogP contribution in [0.25, 0.3) is 0 Å². The van der Waals surface area contributed by atoms with E-state index in [1.165, 1.54) is 0 Å². The Balaban J connectivity index is 1.95. The molecule has 0 radical (unpaired) electrons. The number of amides is 2. The summed E-state index contributed by atoms with van der Waals surface area (Å²) in [6, 6.07) is 4.65. The Morgan fingerprint density at radius 1 is 1.42 bits per heavy atom. The van der Waals surface area contributed by atoms with Gasteiger partial charge in [0.25, 0.3) is 5.91 Å². The van der Waals surface area contributed by atoms with Gasteiger partial charge < -0.3 is 16.4 Å². The van der Waals surface area contributed by atoms with Crippen molar-refractivity contribution in [3.05, 3.63) is 28.2 Å². The van der Waals surface area contributed by atoms with Gasteiger partial charge in [-0.25, -0.2) is 0 Å². The lowest BCUT2D eigenvalue weighted by molar-refractivity contribution is -0.122. The minimum atomic E-state index is -0.551. The summed E-state index contributed by atoms with van der Waals surface area (Å²) in [5.41, 5.74) is 6.69. The largest absolute Gasteiger partial charge is 0.398 e. The molecule has 0 aromatic heterocycles. The molecule has 1 aliphatic carbocycles. The predicted molar refractivity (Wildman–Crippen MR) is 76.6 cm³/mol. The summed E-state index contributed by atoms with van der Waals surface area (Å²) >= 11 is 3.27. The van der Waals surface area contributed by atoms with Crippen LogP contribution >= 0.6 is 15.9 Å². The molecule has 19 heavy (non-hydrogen) atoms. The van der Waals surface area contributed by atoms with Gasteiger partial charge in [-0.15, -0.1) is 0 Å². The van der Waals surface area contributed by atoms with Crippen molar-refractivity contribution in [3.8, 4) is 0 Å². The molecule has 1 atom stereocenters. The van der Waals surface area contributed by atoms with E-state index in [1.54, 1.807) is 25.1 Å². The second kappa shape index (κ2) is 5.61. The highest BCUT2D eigenvalue weighted by Gasteiger charge is 2.26. The zero-order valence-corrected chi connectivity index (χ0v) is 12.2. The summed E-state index contributed by atoms with van der Waals surface area (Å²) in [4.78, 5) is 23.7. The number of rotatable bonds is 4. The van der Waals surface area contributed by atoms with Crippen LogP contribution in [0.4, 0.5) is 5.69 Å². The first-order valence-electron chi connectivity index (χ1n) is 6.13. The van der Waals surface area contributed by atoms with Gasteiger partial charge in [0.05, 0.1) is 0 Å². The smallest absolute Gasteiger partial charge is 0.251 e. The van der Waals surface area contributed by atoms with Gasteiger partial charge in [0, 0.05) is 21.8 Å². The van der Waals surface area contributed by atoms with Crippen LogP contribution in [-0.2, 0) is 4.79 Å². The standard InChI is InChI=1S/C13H16BrN3O2/c1-7(12(18)17-9-3-4-9)16-13(19)8-2-5-11(15)10(14)6-8/h2,5-7,9H,3-4,15H2,1H3,(H,16,19)(H,17,18). The van der Waals surface area contributed by atoms with E-state index in [0.29, 0.717) is 15.7 Å². The van der Waals surface area contributed by atoms with Crippen molar-refractivity contribution < 1.29 is 9.59 Å². The molecule has 0 bridgehead atoms. The highest BCUT2D eigenvalue weighted by Crippen LogP contribution is 2.20. The SMILES string of the molecule is CC(NC(=O)c1ccc(N)c(Br)c1)C(=O)NC1CC1. The van der Waals surface area contributed by atoms with Gasteiger partial charge in [0.15, 0.2) is 0 Å². The Morgan fingerprint density at radius 3 is 2.68 bits per heavy atom. The lowest BCUT2D eigenvalue weighted by Gasteiger charge is -2.14. The number of nitrogen functional groups attached to an aromatic ring is 1. The molecule has 0 saturated heterocycles. The van der Waals surface area contributed by atoms with Gasteiger partial charge in [-0.3, -0.25) is 9.59 Å². The molecule has 1 aliphatic rings. The van der Waals surface area contributed by atoms with E-state index in [0.717, 1.165) is 12.8 Å². The minimum absolute atomic E-state index is 0.148. The Labute approximate surface area is 120 Å². The van der Waals surface area contributed by atoms with E-state index in [1.807, 2.05) is 0 Å². The highest BCUT2D eigenvalue weighted by atomic mass is 79.9. The quantitative estimate of drug-likeness (QED) is 0.732. The third kappa shape index (κ3) is 3.70. The fourth-order valence-electron chi connectivity index (χ4n) is 1.57. The number of anilines is 1. The molecule has 0 heterocycles. The van der Waals surface area contributed by atoms with Gasteiger partial charge in [0.1, 0.15) is 6.04 Å². The van der Waals surface area contributed by atoms with Gasteiger partial charge in [-0.05, 0) is 53.9 Å². The van der Waals surface area contributed by atoms with E-state index >= 15 is 0 Å². The lowest BCUT2D eigenvalue weighted by Crippen LogP contribution is -2.45. The van der Waals surface area contributed by atoms with Crippen LogP contribution in [0, 0.1) is 0 Å². The third-order valence-corrected chi connectivity index (χ3v) is 3.61. The van der Waals surface area contributed by atoms with Crippen molar-refractivity contribution in [2.45, 2.75) is 31.8 Å². The number of carbonyl (C=O) groups excluding carboxylic acids is 2. The number of carbonyl (C=O) groups is 2. The first-order valence-corrected chi connectivity index (χ1v) is 6.93. The summed E-state index contributed by atoms with van der Waals surface area (Å²) in [5.74, 6) is -0.440. The van der Waals surface area contributed by atoms with E-state index in [-0.39, 0.29) is 17.9 Å². The monoisotopic (exact) mass is 325 g/mol. The average Bonchev–Trinajstić information content (AvgIpc) is 3.16. The van der Waals surface area contributed by atoms with Crippen LogP contribution in [-0.4, -0.2) is 23.9 Å². The summed E-state index contributed by atoms with van der Waals surface area (Å²) in [6.45, 7) is 1.67. The summed E-state index contributed by atoms with van der Waals surface area (Å²) < 4.78 is 0.662. The molecule has 1 unspecified atom stereocenters. The van der Waals surface area contributed by atoms with Crippen molar-refractivity contribution >= 4 is 33.4 Å². The summed E-state index contributed by atoms with van der Waals surface area (Å²) in [7, 11) is 0. The van der Waals surface area contributed by atoms with Crippen molar-refractivity contribution in [3.63, 3.8) is 0 Å². The highest BCUT2D eigenvalue weighted by molar-refractivity contribution is 9.10. The molecular formula is C13H16BrN3O2. The van der Waals surface area contributed by atoms with Gasteiger partial charge >= 0.3 is 0 Å². The number of hydrogen-bond acceptors (Lipinski definition) is 3. The zero-order chi connectivity index (χ0) is 14.0. The van der Waals surface area contributed by atoms with E-state index in [2.05, 4.69) is 26.6 Å². The van der Waals surface area contributed by atoms with Crippen molar-refractivity contribution in [1.29, 1.82) is 0 Å². The second-order valence-corrected chi connectivity index (χ2v) is 5.57. The zero-order valence-electron chi connectivity index (χ0n) is 10.6. The molecule has 1 saturated carbocycles. The Bertz CT molecular complexity index is 515. The topological polar surface area (TPSA) is 84.2 Å². The lowest BCUT2D eigenvalue weighted by atomic mass is 10.2. The number of halogens is 1. The number of nitrogens with two attached hydrogens (primary N) is 1. The Morgan fingerprint density at radius 2 is 2.11 bits per heavy atom. The molecule has 0 aliphatic heterocycles. The van der Waals surface area contributed by atoms with Crippen LogP contribution in [0.5, 0.6) is 0 Å². The van der Waals surface area contributed by atoms with Gasteiger partial charge in [0.2, 0.25) is 5.91 Å². The molecule has 1 fully saturated rings. The molecule has 0 spiro atoms. The predicted octanol–water partition coefficient (Wildman–Crippen LogP) is 1.43. The number of benzene rings is 1. The molecule has 2 amide bonds. The minimum Gasteiger partial charge on any atom is -0.398 e. The molecule has 1 aromatic rings.